The van der Waals surface area contributed by atoms with Crippen LogP contribution in [0.1, 0.15) is 45.6 Å². The van der Waals surface area contributed by atoms with Gasteiger partial charge in [0.1, 0.15) is 0 Å². The SMILES string of the molecule is Cc1ccnc(Cl)c1NC1CC(C)CC(C)(C)C1. The first kappa shape index (κ1) is 13.7. The first-order valence-electron chi connectivity index (χ1n) is 6.75. The van der Waals surface area contributed by atoms with Gasteiger partial charge in [-0.1, -0.05) is 32.4 Å². The van der Waals surface area contributed by atoms with Gasteiger partial charge in [-0.2, -0.15) is 0 Å². The molecule has 1 N–H and O–H groups in total. The van der Waals surface area contributed by atoms with Crippen molar-refractivity contribution >= 4 is 17.3 Å². The Labute approximate surface area is 115 Å². The van der Waals surface area contributed by atoms with E-state index in [1.165, 1.54) is 24.8 Å². The zero-order chi connectivity index (χ0) is 13.3. The van der Waals surface area contributed by atoms with E-state index in [0.717, 1.165) is 11.6 Å². The number of hydrogen-bond acceptors (Lipinski definition) is 2. The summed E-state index contributed by atoms with van der Waals surface area (Å²) < 4.78 is 0. The van der Waals surface area contributed by atoms with E-state index in [0.29, 0.717) is 16.6 Å². The fraction of sp³-hybridized carbons (Fsp3) is 0.667. The van der Waals surface area contributed by atoms with Crippen LogP contribution in [0.4, 0.5) is 5.69 Å². The number of nitrogens with one attached hydrogen (secondary N) is 1. The number of hydrogen-bond donors (Lipinski definition) is 1. The molecule has 3 heteroatoms. The zero-order valence-electron chi connectivity index (χ0n) is 11.8. The summed E-state index contributed by atoms with van der Waals surface area (Å²) in [6.45, 7) is 9.13. The summed E-state index contributed by atoms with van der Waals surface area (Å²) in [6, 6.07) is 2.51. The van der Waals surface area contributed by atoms with E-state index in [2.05, 4.69) is 38.0 Å². The number of halogens is 1. The van der Waals surface area contributed by atoms with Crippen LogP contribution in [0.3, 0.4) is 0 Å². The minimum Gasteiger partial charge on any atom is -0.380 e. The lowest BCUT2D eigenvalue weighted by molar-refractivity contribution is 0.178. The number of aromatic nitrogens is 1. The Kier molecular flexibility index (Phi) is 3.86. The molecule has 100 valence electrons. The largest absolute Gasteiger partial charge is 0.380 e. The van der Waals surface area contributed by atoms with Gasteiger partial charge in [-0.3, -0.25) is 0 Å². The molecule has 1 heterocycles. The summed E-state index contributed by atoms with van der Waals surface area (Å²) in [6.07, 6.45) is 5.48. The highest BCUT2D eigenvalue weighted by molar-refractivity contribution is 6.32. The Morgan fingerprint density at radius 3 is 2.72 bits per heavy atom. The van der Waals surface area contributed by atoms with Gasteiger partial charge in [0.05, 0.1) is 5.69 Å². The van der Waals surface area contributed by atoms with Gasteiger partial charge in [-0.25, -0.2) is 4.98 Å². The molecule has 1 fully saturated rings. The number of pyridine rings is 1. The van der Waals surface area contributed by atoms with Crippen molar-refractivity contribution in [1.29, 1.82) is 0 Å². The van der Waals surface area contributed by atoms with Crippen molar-refractivity contribution in [2.75, 3.05) is 5.32 Å². The van der Waals surface area contributed by atoms with Crippen LogP contribution in [0.5, 0.6) is 0 Å². The second-order valence-electron chi connectivity index (χ2n) is 6.55. The van der Waals surface area contributed by atoms with Crippen LogP contribution in [0, 0.1) is 18.3 Å². The van der Waals surface area contributed by atoms with Gasteiger partial charge in [0.25, 0.3) is 0 Å². The molecule has 2 nitrogen and oxygen atoms in total. The first-order chi connectivity index (χ1) is 8.37. The lowest BCUT2D eigenvalue weighted by Crippen LogP contribution is -2.35. The molecule has 1 saturated carbocycles. The van der Waals surface area contributed by atoms with Crippen molar-refractivity contribution in [3.63, 3.8) is 0 Å². The summed E-state index contributed by atoms with van der Waals surface area (Å²) in [4.78, 5) is 4.16. The lowest BCUT2D eigenvalue weighted by Gasteiger charge is -2.39. The Hall–Kier alpha value is -0.760. The highest BCUT2D eigenvalue weighted by Gasteiger charge is 2.32. The van der Waals surface area contributed by atoms with E-state index < -0.39 is 0 Å². The van der Waals surface area contributed by atoms with Crippen LogP contribution >= 0.6 is 11.6 Å². The lowest BCUT2D eigenvalue weighted by atomic mass is 9.70. The van der Waals surface area contributed by atoms with Gasteiger partial charge < -0.3 is 5.32 Å². The third kappa shape index (κ3) is 3.17. The predicted octanol–water partition coefficient (Wildman–Crippen LogP) is 4.67. The molecule has 0 amide bonds. The number of anilines is 1. The number of rotatable bonds is 2. The average Bonchev–Trinajstić information content (AvgIpc) is 2.21. The molecule has 18 heavy (non-hydrogen) atoms. The molecule has 0 aliphatic heterocycles. The molecule has 0 aromatic carbocycles. The van der Waals surface area contributed by atoms with E-state index in [1.54, 1.807) is 6.20 Å². The van der Waals surface area contributed by atoms with Crippen LogP contribution in [-0.2, 0) is 0 Å². The van der Waals surface area contributed by atoms with Gasteiger partial charge in [0.15, 0.2) is 5.15 Å². The molecule has 2 unspecified atom stereocenters. The minimum atomic E-state index is 0.415. The smallest absolute Gasteiger partial charge is 0.152 e. The van der Waals surface area contributed by atoms with Gasteiger partial charge in [0, 0.05) is 12.2 Å². The average molecular weight is 267 g/mol. The quantitative estimate of drug-likeness (QED) is 0.787. The molecule has 0 radical (unpaired) electrons. The van der Waals surface area contributed by atoms with Crippen LogP contribution in [0.25, 0.3) is 0 Å². The summed E-state index contributed by atoms with van der Waals surface area (Å²) in [5.74, 6) is 0.766. The molecular weight excluding hydrogens is 244 g/mol. The van der Waals surface area contributed by atoms with E-state index >= 15 is 0 Å². The Morgan fingerprint density at radius 1 is 1.39 bits per heavy atom. The Morgan fingerprint density at radius 2 is 2.11 bits per heavy atom. The van der Waals surface area contributed by atoms with Gasteiger partial charge in [0.2, 0.25) is 0 Å². The van der Waals surface area contributed by atoms with E-state index in [9.17, 15) is 0 Å². The summed E-state index contributed by atoms with van der Waals surface area (Å²) in [5.41, 5.74) is 2.60. The van der Waals surface area contributed by atoms with Crippen molar-refractivity contribution in [3.8, 4) is 0 Å². The molecule has 1 aromatic heterocycles. The molecule has 2 atom stereocenters. The summed E-state index contributed by atoms with van der Waals surface area (Å²) in [5, 5.41) is 4.20. The third-order valence-electron chi connectivity index (χ3n) is 3.85. The molecule has 1 aliphatic rings. The fourth-order valence-corrected chi connectivity index (χ4v) is 3.62. The van der Waals surface area contributed by atoms with Gasteiger partial charge in [-0.15, -0.1) is 0 Å². The Balaban J connectivity index is 2.14. The molecular formula is C15H23ClN2. The van der Waals surface area contributed by atoms with E-state index in [-0.39, 0.29) is 0 Å². The third-order valence-corrected chi connectivity index (χ3v) is 4.14. The molecule has 2 rings (SSSR count). The monoisotopic (exact) mass is 266 g/mol. The maximum Gasteiger partial charge on any atom is 0.152 e. The Bertz CT molecular complexity index is 408. The molecule has 1 aromatic rings. The highest BCUT2D eigenvalue weighted by Crippen LogP contribution is 2.40. The van der Waals surface area contributed by atoms with Crippen LogP contribution in [0.15, 0.2) is 12.3 Å². The van der Waals surface area contributed by atoms with Crippen molar-refractivity contribution in [3.05, 3.63) is 23.0 Å². The fourth-order valence-electron chi connectivity index (χ4n) is 3.36. The molecule has 0 saturated heterocycles. The predicted molar refractivity (Wildman–Crippen MR) is 78.2 cm³/mol. The van der Waals surface area contributed by atoms with E-state index in [4.69, 9.17) is 11.6 Å². The number of aryl methyl sites for hydroxylation is 1. The topological polar surface area (TPSA) is 24.9 Å². The maximum absolute atomic E-state index is 6.18. The van der Waals surface area contributed by atoms with E-state index in [1.807, 2.05) is 6.07 Å². The van der Waals surface area contributed by atoms with Crippen LogP contribution in [-0.4, -0.2) is 11.0 Å². The minimum absolute atomic E-state index is 0.415. The second kappa shape index (κ2) is 5.08. The van der Waals surface area contributed by atoms with Crippen molar-refractivity contribution in [2.45, 2.75) is 53.0 Å². The molecule has 1 aliphatic carbocycles. The second-order valence-corrected chi connectivity index (χ2v) is 6.91. The standard InChI is InChI=1S/C15H23ClN2/c1-10-7-12(9-15(3,4)8-10)18-13-11(2)5-6-17-14(13)16/h5-6,10,12,18H,7-9H2,1-4H3. The maximum atomic E-state index is 6.18. The van der Waals surface area contributed by atoms with Crippen LogP contribution in [0.2, 0.25) is 5.15 Å². The number of nitrogens with zero attached hydrogens (tertiary/aromatic N) is 1. The van der Waals surface area contributed by atoms with Gasteiger partial charge in [-0.05, 0) is 49.1 Å². The van der Waals surface area contributed by atoms with Gasteiger partial charge >= 0.3 is 0 Å². The van der Waals surface area contributed by atoms with Crippen LogP contribution < -0.4 is 5.32 Å². The first-order valence-corrected chi connectivity index (χ1v) is 7.13. The highest BCUT2D eigenvalue weighted by atomic mass is 35.5. The zero-order valence-corrected chi connectivity index (χ0v) is 12.5. The normalized spacial score (nSPS) is 26.9. The molecule has 0 bridgehead atoms. The van der Waals surface area contributed by atoms with Crippen molar-refractivity contribution in [1.82, 2.24) is 4.98 Å². The molecule has 0 spiro atoms. The van der Waals surface area contributed by atoms with Crippen molar-refractivity contribution < 1.29 is 0 Å². The summed E-state index contributed by atoms with van der Waals surface area (Å²) >= 11 is 6.18. The van der Waals surface area contributed by atoms with Crippen molar-refractivity contribution in [2.24, 2.45) is 11.3 Å². The summed E-state index contributed by atoms with van der Waals surface area (Å²) in [7, 11) is 0.